The van der Waals surface area contributed by atoms with Gasteiger partial charge in [-0.15, -0.1) is 0 Å². The lowest BCUT2D eigenvalue weighted by atomic mass is 9.90. The minimum Gasteiger partial charge on any atom is -0.247 e. The fourth-order valence-electron chi connectivity index (χ4n) is 6.67. The summed E-state index contributed by atoms with van der Waals surface area (Å²) in [4.78, 5) is 15.7. The molecule has 0 saturated heterocycles. The Kier molecular flexibility index (Phi) is 7.60. The van der Waals surface area contributed by atoms with E-state index in [4.69, 9.17) is 15.0 Å². The average Bonchev–Trinajstić information content (AvgIpc) is 3.14. The summed E-state index contributed by atoms with van der Waals surface area (Å²) in [5.74, 6) is 0. The van der Waals surface area contributed by atoms with Crippen LogP contribution in [0.5, 0.6) is 0 Å². The highest BCUT2D eigenvalue weighted by atomic mass is 19.3. The minimum atomic E-state index is -2.91. The van der Waals surface area contributed by atoms with Gasteiger partial charge < -0.3 is 0 Å². The second-order valence-corrected chi connectivity index (χ2v) is 12.0. The summed E-state index contributed by atoms with van der Waals surface area (Å²) in [6, 6.07) is 40.3. The Bertz CT molecular complexity index is 2490. The highest BCUT2D eigenvalue weighted by Crippen LogP contribution is 2.43. The molecule has 0 bridgehead atoms. The molecule has 0 radical (unpaired) electrons. The molecule has 0 spiro atoms. The van der Waals surface area contributed by atoms with Gasteiger partial charge in [-0.3, -0.25) is 0 Å². The Hall–Kier alpha value is -5.95. The molecule has 0 atom stereocenters. The Morgan fingerprint density at radius 3 is 1.61 bits per heavy atom. The van der Waals surface area contributed by atoms with Crippen LogP contribution >= 0.6 is 0 Å². The molecule has 49 heavy (non-hydrogen) atoms. The third-order valence-electron chi connectivity index (χ3n) is 8.87. The number of rotatable bonds is 6. The molecule has 8 aromatic rings. The Morgan fingerprint density at radius 2 is 0.980 bits per heavy atom. The maximum Gasteiger partial charge on any atom is 0.263 e. The smallest absolute Gasteiger partial charge is 0.247 e. The van der Waals surface area contributed by atoms with Gasteiger partial charge in [0.15, 0.2) is 0 Å². The van der Waals surface area contributed by atoms with Crippen LogP contribution in [0.1, 0.15) is 29.5 Å². The number of pyridine rings is 1. The number of halogens is 4. The lowest BCUT2D eigenvalue weighted by Crippen LogP contribution is -2.00. The molecule has 7 heteroatoms. The molecule has 0 N–H and O–H groups in total. The van der Waals surface area contributed by atoms with Crippen molar-refractivity contribution >= 4 is 32.7 Å². The highest BCUT2D eigenvalue weighted by Gasteiger charge is 2.23. The number of fused-ring (bicyclic) bond motifs is 5. The van der Waals surface area contributed by atoms with Crippen LogP contribution in [0.25, 0.3) is 77.6 Å². The molecule has 6 aromatic carbocycles. The number of nitrogens with zero attached hydrogens (tertiary/aromatic N) is 3. The van der Waals surface area contributed by atoms with E-state index in [9.17, 15) is 17.6 Å². The average molecular weight is 650 g/mol. The lowest BCUT2D eigenvalue weighted by molar-refractivity contribution is 0.144. The third kappa shape index (κ3) is 5.37. The lowest BCUT2D eigenvalue weighted by Gasteiger charge is -2.18. The van der Waals surface area contributed by atoms with Crippen LogP contribution in [0.4, 0.5) is 17.6 Å². The number of benzene rings is 6. The van der Waals surface area contributed by atoms with Gasteiger partial charge in [-0.1, -0.05) is 103 Å². The van der Waals surface area contributed by atoms with Crippen LogP contribution in [-0.2, 0) is 0 Å². The summed E-state index contributed by atoms with van der Waals surface area (Å²) in [5.41, 5.74) is 7.45. The zero-order valence-corrected chi connectivity index (χ0v) is 26.2. The van der Waals surface area contributed by atoms with Crippen molar-refractivity contribution in [3.8, 4) is 44.9 Å². The summed E-state index contributed by atoms with van der Waals surface area (Å²) < 4.78 is 55.7. The second-order valence-electron chi connectivity index (χ2n) is 12.0. The maximum atomic E-state index is 13.9. The van der Waals surface area contributed by atoms with E-state index in [0.717, 1.165) is 50.3 Å². The summed E-state index contributed by atoms with van der Waals surface area (Å²) in [5, 5.41) is 2.55. The molecule has 0 amide bonds. The summed E-state index contributed by atoms with van der Waals surface area (Å²) in [6.07, 6.45) is -5.81. The van der Waals surface area contributed by atoms with E-state index in [1.807, 2.05) is 110 Å². The van der Waals surface area contributed by atoms with Gasteiger partial charge in [0.2, 0.25) is 0 Å². The van der Waals surface area contributed by atoms with Crippen molar-refractivity contribution in [2.45, 2.75) is 19.8 Å². The van der Waals surface area contributed by atoms with E-state index in [-0.39, 0.29) is 5.56 Å². The van der Waals surface area contributed by atoms with Crippen LogP contribution in [0.15, 0.2) is 133 Å². The normalized spacial score (nSPS) is 11.7. The van der Waals surface area contributed by atoms with Gasteiger partial charge in [0.25, 0.3) is 12.9 Å². The first-order chi connectivity index (χ1) is 23.9. The molecule has 238 valence electrons. The molecule has 2 heterocycles. The number of aromatic nitrogens is 3. The monoisotopic (exact) mass is 649 g/mol. The van der Waals surface area contributed by atoms with Gasteiger partial charge >= 0.3 is 0 Å². The second kappa shape index (κ2) is 12.3. The van der Waals surface area contributed by atoms with Crippen LogP contribution in [0.2, 0.25) is 0 Å². The molecule has 0 aliphatic heterocycles. The Morgan fingerprint density at radius 1 is 0.449 bits per heavy atom. The van der Waals surface area contributed by atoms with Crippen molar-refractivity contribution in [1.82, 2.24) is 15.0 Å². The third-order valence-corrected chi connectivity index (χ3v) is 8.87. The van der Waals surface area contributed by atoms with Crippen LogP contribution in [-0.4, -0.2) is 15.0 Å². The van der Waals surface area contributed by atoms with Gasteiger partial charge in [0.1, 0.15) is 0 Å². The number of hydrogen-bond donors (Lipinski definition) is 0. The standard InChI is InChI=1S/C42H27F4N3/c1-24-20-34-40(49-38(26-14-6-3-7-15-26)37(48-34)25-12-4-2-5-13-25)36-32-18-10-11-19-33(32)47-39(35(24)36)31-17-9-8-16-30(31)27-21-28(41(43)44)23-29(22-27)42(45)46/h2-23,41-42H,1H3. The van der Waals surface area contributed by atoms with Crippen molar-refractivity contribution in [3.05, 3.63) is 150 Å². The fraction of sp³-hybridized carbons (Fsp3) is 0.0714. The van der Waals surface area contributed by atoms with Crippen molar-refractivity contribution < 1.29 is 17.6 Å². The molecule has 0 unspecified atom stereocenters. The zero-order chi connectivity index (χ0) is 33.6. The van der Waals surface area contributed by atoms with Crippen LogP contribution in [0.3, 0.4) is 0 Å². The highest BCUT2D eigenvalue weighted by molar-refractivity contribution is 6.22. The van der Waals surface area contributed by atoms with Crippen LogP contribution < -0.4 is 0 Å². The zero-order valence-electron chi connectivity index (χ0n) is 26.2. The van der Waals surface area contributed by atoms with E-state index in [2.05, 4.69) is 0 Å². The SMILES string of the molecule is Cc1cc2nc(-c3ccccc3)c(-c3ccccc3)nc2c2c1c(-c1ccccc1-c1cc(C(F)F)cc(C(F)F)c1)nc1ccccc12. The first-order valence-electron chi connectivity index (χ1n) is 15.8. The predicted octanol–water partition coefficient (Wildman–Crippen LogP) is 12.2. The molecule has 0 fully saturated rings. The van der Waals surface area contributed by atoms with Crippen molar-refractivity contribution in [1.29, 1.82) is 0 Å². The molecule has 2 aromatic heterocycles. The van der Waals surface area contributed by atoms with E-state index in [1.54, 1.807) is 12.1 Å². The van der Waals surface area contributed by atoms with Crippen molar-refractivity contribution in [3.63, 3.8) is 0 Å². The van der Waals surface area contributed by atoms with E-state index >= 15 is 0 Å². The molecule has 0 saturated carbocycles. The number of aryl methyl sites for hydroxylation is 1. The van der Waals surface area contributed by atoms with E-state index in [0.29, 0.717) is 33.4 Å². The predicted molar refractivity (Wildman–Crippen MR) is 189 cm³/mol. The van der Waals surface area contributed by atoms with Gasteiger partial charge in [0.05, 0.1) is 33.6 Å². The van der Waals surface area contributed by atoms with Gasteiger partial charge in [-0.25, -0.2) is 32.5 Å². The first kappa shape index (κ1) is 30.4. The maximum absolute atomic E-state index is 13.9. The fourth-order valence-corrected chi connectivity index (χ4v) is 6.67. The molecule has 0 aliphatic rings. The van der Waals surface area contributed by atoms with Crippen LogP contribution in [0, 0.1) is 6.92 Å². The van der Waals surface area contributed by atoms with Crippen molar-refractivity contribution in [2.75, 3.05) is 0 Å². The molecular formula is C42H27F4N3. The summed E-state index contributed by atoms with van der Waals surface area (Å²) >= 11 is 0. The Labute approximate surface area is 279 Å². The minimum absolute atomic E-state index is 0.268. The van der Waals surface area contributed by atoms with Crippen molar-refractivity contribution in [2.24, 2.45) is 0 Å². The van der Waals surface area contributed by atoms with Gasteiger partial charge in [-0.05, 0) is 53.9 Å². The molecular weight excluding hydrogens is 622 g/mol. The quantitative estimate of drug-likeness (QED) is 0.133. The number of alkyl halides is 4. The topological polar surface area (TPSA) is 38.7 Å². The molecule has 8 rings (SSSR count). The number of para-hydroxylation sites is 1. The molecule has 3 nitrogen and oxygen atoms in total. The van der Waals surface area contributed by atoms with E-state index in [1.165, 1.54) is 12.1 Å². The summed E-state index contributed by atoms with van der Waals surface area (Å²) in [7, 11) is 0. The van der Waals surface area contributed by atoms with E-state index < -0.39 is 24.0 Å². The first-order valence-corrected chi connectivity index (χ1v) is 15.8. The Balaban J connectivity index is 1.48. The molecule has 0 aliphatic carbocycles. The summed E-state index contributed by atoms with van der Waals surface area (Å²) in [6.45, 7) is 1.99. The number of hydrogen-bond acceptors (Lipinski definition) is 3. The van der Waals surface area contributed by atoms with Gasteiger partial charge in [0, 0.05) is 44.0 Å². The van der Waals surface area contributed by atoms with Gasteiger partial charge in [-0.2, -0.15) is 0 Å². The largest absolute Gasteiger partial charge is 0.263 e.